The van der Waals surface area contributed by atoms with E-state index < -0.39 is 11.2 Å². The summed E-state index contributed by atoms with van der Waals surface area (Å²) >= 11 is 0. The molecular weight excluding hydrogens is 306 g/mol. The maximum atomic E-state index is 12.9. The van der Waals surface area contributed by atoms with Crippen LogP contribution < -0.4 is 0 Å². The van der Waals surface area contributed by atoms with E-state index >= 15 is 0 Å². The summed E-state index contributed by atoms with van der Waals surface area (Å²) < 4.78 is 11.5. The molecule has 0 aromatic heterocycles. The first-order valence-electron chi connectivity index (χ1n) is 8.90. The van der Waals surface area contributed by atoms with Crippen molar-refractivity contribution in [1.29, 1.82) is 5.41 Å². The number of esters is 2. The molecule has 0 aromatic carbocycles. The van der Waals surface area contributed by atoms with Crippen molar-refractivity contribution in [3.05, 3.63) is 0 Å². The van der Waals surface area contributed by atoms with Crippen LogP contribution in [0.15, 0.2) is 0 Å². The fraction of sp³-hybridized carbons (Fsp3) is 0.842. The highest BCUT2D eigenvalue weighted by molar-refractivity contribution is 5.85. The molecule has 1 N–H and O–H groups in total. The smallest absolute Gasteiger partial charge is 0.310 e. The van der Waals surface area contributed by atoms with Gasteiger partial charge < -0.3 is 14.9 Å². The zero-order valence-electron chi connectivity index (χ0n) is 15.8. The first-order chi connectivity index (χ1) is 10.9. The zero-order chi connectivity index (χ0) is 18.3. The summed E-state index contributed by atoms with van der Waals surface area (Å²) in [5, 5.41) is 7.80. The van der Waals surface area contributed by atoms with E-state index in [2.05, 4.69) is 20.8 Å². The molecule has 0 amide bonds. The topological polar surface area (TPSA) is 76.5 Å². The summed E-state index contributed by atoms with van der Waals surface area (Å²) in [6, 6.07) is 0. The Bertz CT molecular complexity index is 536. The van der Waals surface area contributed by atoms with Gasteiger partial charge in [-0.2, -0.15) is 0 Å². The van der Waals surface area contributed by atoms with Gasteiger partial charge in [-0.25, -0.2) is 0 Å². The molecule has 2 bridgehead atoms. The molecule has 24 heavy (non-hydrogen) atoms. The van der Waals surface area contributed by atoms with Crippen molar-refractivity contribution < 1.29 is 19.1 Å². The van der Waals surface area contributed by atoms with Gasteiger partial charge >= 0.3 is 11.9 Å². The van der Waals surface area contributed by atoms with Crippen molar-refractivity contribution in [3.63, 3.8) is 0 Å². The average Bonchev–Trinajstić information content (AvgIpc) is 2.75. The number of rotatable bonds is 5. The van der Waals surface area contributed by atoms with Crippen molar-refractivity contribution in [2.45, 2.75) is 78.4 Å². The van der Waals surface area contributed by atoms with E-state index in [9.17, 15) is 9.59 Å². The molecule has 2 rings (SSSR count). The lowest BCUT2D eigenvalue weighted by Crippen LogP contribution is -2.58. The third-order valence-electron chi connectivity index (χ3n) is 5.53. The monoisotopic (exact) mass is 337 g/mol. The van der Waals surface area contributed by atoms with E-state index in [1.165, 1.54) is 0 Å². The van der Waals surface area contributed by atoms with Crippen LogP contribution >= 0.6 is 0 Å². The highest BCUT2D eigenvalue weighted by Crippen LogP contribution is 2.50. The molecule has 5 heteroatoms. The van der Waals surface area contributed by atoms with Crippen molar-refractivity contribution >= 4 is 18.2 Å². The molecule has 1 saturated heterocycles. The second-order valence-electron chi connectivity index (χ2n) is 9.16. The van der Waals surface area contributed by atoms with Crippen molar-refractivity contribution in [3.8, 4) is 0 Å². The Balaban J connectivity index is 2.22. The average molecular weight is 337 g/mol. The number of hydrogen-bond acceptors (Lipinski definition) is 5. The first-order valence-corrected chi connectivity index (χ1v) is 8.90. The fourth-order valence-electron chi connectivity index (χ4n) is 3.89. The molecule has 0 aromatic rings. The molecule has 0 radical (unpaired) electrons. The van der Waals surface area contributed by atoms with Crippen LogP contribution in [-0.2, 0) is 19.1 Å². The highest BCUT2D eigenvalue weighted by Gasteiger charge is 2.63. The van der Waals surface area contributed by atoms with Crippen LogP contribution in [-0.4, -0.2) is 29.4 Å². The SMILES string of the molecule is CC(C)[C@H](CC(C)(C)C)C(=O)OC1(C)CCC2CC1(C=N)OC2=O. The Labute approximate surface area is 145 Å². The van der Waals surface area contributed by atoms with Crippen LogP contribution in [0.1, 0.15) is 67.2 Å². The fourth-order valence-corrected chi connectivity index (χ4v) is 3.89. The van der Waals surface area contributed by atoms with Crippen LogP contribution in [0.3, 0.4) is 0 Å². The van der Waals surface area contributed by atoms with E-state index in [-0.39, 0.29) is 35.1 Å². The molecule has 3 unspecified atom stereocenters. The second-order valence-corrected chi connectivity index (χ2v) is 9.16. The molecule has 1 saturated carbocycles. The third-order valence-corrected chi connectivity index (χ3v) is 5.53. The zero-order valence-corrected chi connectivity index (χ0v) is 15.8. The van der Waals surface area contributed by atoms with Crippen LogP contribution in [0.4, 0.5) is 0 Å². The standard InChI is InChI=1S/C19H31NO4/c1-12(2)14(10-17(3,4)5)16(22)23-18(6)8-7-13-9-19(18,11-20)24-15(13)21/h11-14,20H,7-10H2,1-6H3/t13?,14-,18?,19?/m0/s1. The Morgan fingerprint density at radius 3 is 2.58 bits per heavy atom. The first kappa shape index (κ1) is 18.9. The lowest BCUT2D eigenvalue weighted by Gasteiger charge is -2.44. The van der Waals surface area contributed by atoms with Gasteiger partial charge in [-0.15, -0.1) is 0 Å². The minimum atomic E-state index is -1.11. The van der Waals surface area contributed by atoms with E-state index in [0.29, 0.717) is 19.3 Å². The predicted octanol–water partition coefficient (Wildman–Crippen LogP) is 3.74. The molecular formula is C19H31NO4. The van der Waals surface area contributed by atoms with E-state index in [1.807, 2.05) is 13.8 Å². The molecule has 2 aliphatic rings. The quantitative estimate of drug-likeness (QED) is 0.612. The van der Waals surface area contributed by atoms with Gasteiger partial charge in [0.25, 0.3) is 0 Å². The lowest BCUT2D eigenvalue weighted by molar-refractivity contribution is -0.192. The summed E-state index contributed by atoms with van der Waals surface area (Å²) in [6.45, 7) is 12.2. The summed E-state index contributed by atoms with van der Waals surface area (Å²) in [5.74, 6) is -0.731. The van der Waals surface area contributed by atoms with E-state index in [0.717, 1.165) is 12.6 Å². The summed E-state index contributed by atoms with van der Waals surface area (Å²) in [4.78, 5) is 24.9. The molecule has 5 nitrogen and oxygen atoms in total. The van der Waals surface area contributed by atoms with Crippen molar-refractivity contribution in [1.82, 2.24) is 0 Å². The number of ether oxygens (including phenoxy) is 2. The summed E-state index contributed by atoms with van der Waals surface area (Å²) in [7, 11) is 0. The Kier molecular flexibility index (Phi) is 4.86. The van der Waals surface area contributed by atoms with Crippen molar-refractivity contribution in [2.24, 2.45) is 23.2 Å². The number of fused-ring (bicyclic) bond motifs is 2. The normalized spacial score (nSPS) is 34.0. The predicted molar refractivity (Wildman–Crippen MR) is 91.8 cm³/mol. The third kappa shape index (κ3) is 3.35. The van der Waals surface area contributed by atoms with Crippen LogP contribution in [0.2, 0.25) is 0 Å². The molecule has 4 atom stereocenters. The van der Waals surface area contributed by atoms with Crippen LogP contribution in [0.5, 0.6) is 0 Å². The molecule has 1 heterocycles. The van der Waals surface area contributed by atoms with Gasteiger partial charge in [0.2, 0.25) is 0 Å². The van der Waals surface area contributed by atoms with Crippen LogP contribution in [0.25, 0.3) is 0 Å². The van der Waals surface area contributed by atoms with Gasteiger partial charge in [0.1, 0.15) is 0 Å². The van der Waals surface area contributed by atoms with Gasteiger partial charge in [0.05, 0.1) is 11.8 Å². The highest BCUT2D eigenvalue weighted by atomic mass is 16.6. The second kappa shape index (κ2) is 6.16. The Hall–Kier alpha value is -1.39. The van der Waals surface area contributed by atoms with E-state index in [4.69, 9.17) is 14.9 Å². The molecule has 2 fully saturated rings. The van der Waals surface area contributed by atoms with E-state index in [1.54, 1.807) is 6.92 Å². The summed E-state index contributed by atoms with van der Waals surface area (Å²) in [5.41, 5.74) is -2.04. The Morgan fingerprint density at radius 1 is 1.46 bits per heavy atom. The number of nitrogens with one attached hydrogen (secondary N) is 1. The molecule has 1 aliphatic carbocycles. The van der Waals surface area contributed by atoms with Gasteiger partial charge in [-0.05, 0) is 37.5 Å². The number of hydrogen-bond donors (Lipinski definition) is 1. The molecule has 136 valence electrons. The minimum absolute atomic E-state index is 0.0194. The molecule has 1 aliphatic heterocycles. The largest absolute Gasteiger partial charge is 0.454 e. The van der Waals surface area contributed by atoms with Gasteiger partial charge in [-0.1, -0.05) is 34.6 Å². The minimum Gasteiger partial charge on any atom is -0.454 e. The molecule has 0 spiro atoms. The van der Waals surface area contributed by atoms with Crippen molar-refractivity contribution in [2.75, 3.05) is 0 Å². The lowest BCUT2D eigenvalue weighted by atomic mass is 9.70. The number of carbonyl (C=O) groups is 2. The maximum Gasteiger partial charge on any atom is 0.310 e. The van der Waals surface area contributed by atoms with Gasteiger partial charge in [-0.3, -0.25) is 9.59 Å². The van der Waals surface area contributed by atoms with Gasteiger partial charge in [0.15, 0.2) is 11.2 Å². The maximum absolute atomic E-state index is 12.9. The summed E-state index contributed by atoms with van der Waals surface area (Å²) in [6.07, 6.45) is 3.52. The van der Waals surface area contributed by atoms with Gasteiger partial charge in [0, 0.05) is 12.6 Å². The Morgan fingerprint density at radius 2 is 2.08 bits per heavy atom. The number of carbonyl (C=O) groups excluding carboxylic acids is 2. The van der Waals surface area contributed by atoms with Crippen LogP contribution in [0, 0.1) is 28.6 Å².